The van der Waals surface area contributed by atoms with Gasteiger partial charge in [-0.1, -0.05) is 18.5 Å². The predicted molar refractivity (Wildman–Crippen MR) is 84.4 cm³/mol. The Hall–Kier alpha value is -1.23. The lowest BCUT2D eigenvalue weighted by Gasteiger charge is -2.21. The Morgan fingerprint density at radius 3 is 2.60 bits per heavy atom. The number of rotatable bonds is 6. The second-order valence-electron chi connectivity index (χ2n) is 4.25. The van der Waals surface area contributed by atoms with E-state index in [-0.39, 0.29) is 6.04 Å². The molecule has 1 aromatic carbocycles. The molecule has 3 nitrogen and oxygen atoms in total. The number of halogens is 1. The van der Waals surface area contributed by atoms with Crippen LogP contribution < -0.4 is 14.8 Å². The van der Waals surface area contributed by atoms with Crippen LogP contribution in [0.1, 0.15) is 24.1 Å². The quantitative estimate of drug-likeness (QED) is 0.870. The SMILES string of the molecule is CCNC(c1ccsc1)c1ccc(OC)c(Cl)c1OC. The van der Waals surface area contributed by atoms with Crippen LogP contribution in [0.25, 0.3) is 0 Å². The average Bonchev–Trinajstić information content (AvgIpc) is 2.98. The summed E-state index contributed by atoms with van der Waals surface area (Å²) < 4.78 is 10.7. The molecule has 0 spiro atoms. The van der Waals surface area contributed by atoms with Crippen LogP contribution in [0.4, 0.5) is 0 Å². The van der Waals surface area contributed by atoms with Gasteiger partial charge in [-0.2, -0.15) is 11.3 Å². The zero-order valence-electron chi connectivity index (χ0n) is 11.8. The predicted octanol–water partition coefficient (Wildman–Crippen LogP) is 4.12. The number of ether oxygens (including phenoxy) is 2. The summed E-state index contributed by atoms with van der Waals surface area (Å²) in [5.74, 6) is 1.27. The first-order chi connectivity index (χ1) is 9.72. The molecule has 1 aromatic heterocycles. The second kappa shape index (κ2) is 6.97. The van der Waals surface area contributed by atoms with Gasteiger partial charge in [-0.05, 0) is 41.1 Å². The smallest absolute Gasteiger partial charge is 0.146 e. The largest absolute Gasteiger partial charge is 0.495 e. The van der Waals surface area contributed by atoms with Crippen molar-refractivity contribution in [3.05, 3.63) is 45.1 Å². The van der Waals surface area contributed by atoms with E-state index in [1.54, 1.807) is 25.6 Å². The van der Waals surface area contributed by atoms with Crippen molar-refractivity contribution in [2.24, 2.45) is 0 Å². The molecule has 1 atom stereocenters. The first kappa shape index (κ1) is 15.2. The molecule has 5 heteroatoms. The van der Waals surface area contributed by atoms with Gasteiger partial charge in [0.25, 0.3) is 0 Å². The minimum atomic E-state index is 0.0598. The van der Waals surface area contributed by atoms with E-state index in [4.69, 9.17) is 21.1 Å². The Morgan fingerprint density at radius 1 is 1.25 bits per heavy atom. The Balaban J connectivity index is 2.51. The summed E-state index contributed by atoms with van der Waals surface area (Å²) in [6.07, 6.45) is 0. The zero-order valence-corrected chi connectivity index (χ0v) is 13.3. The fraction of sp³-hybridized carbons (Fsp3) is 0.333. The molecule has 0 amide bonds. The maximum absolute atomic E-state index is 6.34. The lowest BCUT2D eigenvalue weighted by molar-refractivity contribution is 0.388. The number of benzene rings is 1. The second-order valence-corrected chi connectivity index (χ2v) is 5.41. The third-order valence-corrected chi connectivity index (χ3v) is 4.17. The van der Waals surface area contributed by atoms with E-state index in [0.717, 1.165) is 12.1 Å². The average molecular weight is 312 g/mol. The summed E-state index contributed by atoms with van der Waals surface area (Å²) in [6.45, 7) is 2.93. The molecule has 1 unspecified atom stereocenters. The Bertz CT molecular complexity index is 557. The van der Waals surface area contributed by atoms with Gasteiger partial charge in [0.15, 0.2) is 0 Å². The molecule has 0 aliphatic rings. The van der Waals surface area contributed by atoms with Gasteiger partial charge in [0.1, 0.15) is 16.5 Å². The van der Waals surface area contributed by atoms with Crippen molar-refractivity contribution >= 4 is 22.9 Å². The summed E-state index contributed by atoms with van der Waals surface area (Å²) in [7, 11) is 3.22. The van der Waals surface area contributed by atoms with Crippen molar-refractivity contribution in [1.82, 2.24) is 5.32 Å². The highest BCUT2D eigenvalue weighted by Crippen LogP contribution is 2.41. The highest BCUT2D eigenvalue weighted by molar-refractivity contribution is 7.08. The number of nitrogens with one attached hydrogen (secondary N) is 1. The molecular formula is C15H18ClNO2S. The molecule has 108 valence electrons. The molecular weight excluding hydrogens is 294 g/mol. The number of methoxy groups -OCH3 is 2. The third-order valence-electron chi connectivity index (χ3n) is 3.11. The van der Waals surface area contributed by atoms with E-state index in [1.807, 2.05) is 12.1 Å². The maximum Gasteiger partial charge on any atom is 0.146 e. The minimum Gasteiger partial charge on any atom is -0.495 e. The van der Waals surface area contributed by atoms with E-state index in [1.165, 1.54) is 5.56 Å². The molecule has 2 aromatic rings. The monoisotopic (exact) mass is 311 g/mol. The van der Waals surface area contributed by atoms with Crippen LogP contribution in [0.2, 0.25) is 5.02 Å². The number of hydrogen-bond acceptors (Lipinski definition) is 4. The standard InChI is InChI=1S/C15H18ClNO2S/c1-4-17-14(10-7-8-20-9-10)11-5-6-12(18-2)13(16)15(11)19-3/h5-9,14,17H,4H2,1-3H3. The molecule has 0 fully saturated rings. The van der Waals surface area contributed by atoms with Gasteiger partial charge in [-0.25, -0.2) is 0 Å². The van der Waals surface area contributed by atoms with Crippen LogP contribution in [-0.4, -0.2) is 20.8 Å². The lowest BCUT2D eigenvalue weighted by Crippen LogP contribution is -2.22. The van der Waals surface area contributed by atoms with Gasteiger partial charge in [0, 0.05) is 5.56 Å². The van der Waals surface area contributed by atoms with Crippen LogP contribution in [0.3, 0.4) is 0 Å². The van der Waals surface area contributed by atoms with Gasteiger partial charge in [-0.3, -0.25) is 0 Å². The molecule has 0 aliphatic carbocycles. The van der Waals surface area contributed by atoms with Gasteiger partial charge in [0.2, 0.25) is 0 Å². The Kier molecular flexibility index (Phi) is 5.29. The van der Waals surface area contributed by atoms with E-state index in [2.05, 4.69) is 29.1 Å². The Morgan fingerprint density at radius 2 is 2.05 bits per heavy atom. The van der Waals surface area contributed by atoms with Crippen molar-refractivity contribution in [2.45, 2.75) is 13.0 Å². The van der Waals surface area contributed by atoms with E-state index < -0.39 is 0 Å². The molecule has 20 heavy (non-hydrogen) atoms. The number of hydrogen-bond donors (Lipinski definition) is 1. The molecule has 0 radical (unpaired) electrons. The number of thiophene rings is 1. The topological polar surface area (TPSA) is 30.5 Å². The van der Waals surface area contributed by atoms with Crippen molar-refractivity contribution in [3.63, 3.8) is 0 Å². The molecule has 0 saturated heterocycles. The van der Waals surface area contributed by atoms with E-state index in [0.29, 0.717) is 16.5 Å². The van der Waals surface area contributed by atoms with Gasteiger partial charge in [0.05, 0.1) is 20.3 Å². The van der Waals surface area contributed by atoms with Crippen LogP contribution in [0.5, 0.6) is 11.5 Å². The summed E-state index contributed by atoms with van der Waals surface area (Å²) in [6, 6.07) is 6.03. The molecule has 2 rings (SSSR count). The molecule has 0 aliphatic heterocycles. The third kappa shape index (κ3) is 2.92. The molecule has 1 heterocycles. The Labute approximate surface area is 128 Å². The summed E-state index contributed by atoms with van der Waals surface area (Å²) in [4.78, 5) is 0. The fourth-order valence-corrected chi connectivity index (χ4v) is 3.21. The lowest BCUT2D eigenvalue weighted by atomic mass is 10.00. The van der Waals surface area contributed by atoms with Crippen LogP contribution in [0.15, 0.2) is 29.0 Å². The van der Waals surface area contributed by atoms with Crippen LogP contribution in [0, 0.1) is 0 Å². The van der Waals surface area contributed by atoms with Crippen LogP contribution >= 0.6 is 22.9 Å². The summed E-state index contributed by atoms with van der Waals surface area (Å²) >= 11 is 8.02. The van der Waals surface area contributed by atoms with Crippen molar-refractivity contribution < 1.29 is 9.47 Å². The van der Waals surface area contributed by atoms with Gasteiger partial charge < -0.3 is 14.8 Å². The first-order valence-corrected chi connectivity index (χ1v) is 7.70. The highest BCUT2D eigenvalue weighted by Gasteiger charge is 2.21. The summed E-state index contributed by atoms with van der Waals surface area (Å²) in [5.41, 5.74) is 2.22. The van der Waals surface area contributed by atoms with Crippen molar-refractivity contribution in [2.75, 3.05) is 20.8 Å². The normalized spacial score (nSPS) is 12.2. The highest BCUT2D eigenvalue weighted by atomic mass is 35.5. The molecule has 1 N–H and O–H groups in total. The van der Waals surface area contributed by atoms with E-state index in [9.17, 15) is 0 Å². The van der Waals surface area contributed by atoms with Crippen LogP contribution in [-0.2, 0) is 0 Å². The molecule has 0 saturated carbocycles. The summed E-state index contributed by atoms with van der Waals surface area (Å²) in [5, 5.41) is 8.17. The minimum absolute atomic E-state index is 0.0598. The maximum atomic E-state index is 6.34. The molecule has 0 bridgehead atoms. The van der Waals surface area contributed by atoms with Gasteiger partial charge >= 0.3 is 0 Å². The zero-order chi connectivity index (χ0) is 14.5. The first-order valence-electron chi connectivity index (χ1n) is 6.38. The van der Waals surface area contributed by atoms with Crippen molar-refractivity contribution in [3.8, 4) is 11.5 Å². The fourth-order valence-electron chi connectivity index (χ4n) is 2.20. The van der Waals surface area contributed by atoms with Gasteiger partial charge in [-0.15, -0.1) is 0 Å². The van der Waals surface area contributed by atoms with Crippen molar-refractivity contribution in [1.29, 1.82) is 0 Å². The van der Waals surface area contributed by atoms with E-state index >= 15 is 0 Å².